The molecule has 0 aliphatic carbocycles. The molecule has 2 N–H and O–H groups in total. The predicted molar refractivity (Wildman–Crippen MR) is 91.0 cm³/mol. The number of hydrogen-bond donors (Lipinski definition) is 2. The molecule has 1 aromatic carbocycles. The number of hydrogen-bond acceptors (Lipinski definition) is 7. The Kier molecular flexibility index (Phi) is 4.43. The zero-order valence-corrected chi connectivity index (χ0v) is 14.4. The number of ether oxygens (including phenoxy) is 1. The Morgan fingerprint density at radius 1 is 1.32 bits per heavy atom. The van der Waals surface area contributed by atoms with E-state index in [1.165, 1.54) is 13.0 Å². The molecule has 1 aliphatic heterocycles. The second kappa shape index (κ2) is 6.40. The third-order valence-corrected chi connectivity index (χ3v) is 4.57. The number of phenolic OH excluding ortho intramolecular Hbond substituents is 2. The van der Waals surface area contributed by atoms with E-state index in [9.17, 15) is 19.8 Å². The Labute approximate surface area is 144 Å². The molecule has 7 nitrogen and oxygen atoms in total. The quantitative estimate of drug-likeness (QED) is 0.800. The molecule has 1 fully saturated rings. The largest absolute Gasteiger partial charge is 0.507 e. The summed E-state index contributed by atoms with van der Waals surface area (Å²) in [6.07, 6.45) is 0.125. The molecule has 0 unspecified atom stereocenters. The van der Waals surface area contributed by atoms with Crippen molar-refractivity contribution < 1.29 is 24.2 Å². The van der Waals surface area contributed by atoms with Crippen molar-refractivity contribution >= 4 is 16.9 Å². The summed E-state index contributed by atoms with van der Waals surface area (Å²) in [4.78, 5) is 25.8. The van der Waals surface area contributed by atoms with E-state index >= 15 is 0 Å². The summed E-state index contributed by atoms with van der Waals surface area (Å²) < 4.78 is 11.1. The van der Waals surface area contributed by atoms with Crippen molar-refractivity contribution in [1.29, 1.82) is 0 Å². The highest BCUT2D eigenvalue weighted by molar-refractivity contribution is 5.88. The van der Waals surface area contributed by atoms with Gasteiger partial charge in [-0.05, 0) is 26.9 Å². The highest BCUT2D eigenvalue weighted by Crippen LogP contribution is 2.42. The van der Waals surface area contributed by atoms with Gasteiger partial charge in [-0.2, -0.15) is 0 Å². The number of likely N-dealkylation sites (tertiary alicyclic amines) is 1. The van der Waals surface area contributed by atoms with Crippen LogP contribution >= 0.6 is 0 Å². The maximum absolute atomic E-state index is 12.3. The van der Waals surface area contributed by atoms with Crippen LogP contribution in [0.1, 0.15) is 30.6 Å². The molecule has 0 saturated carbocycles. The van der Waals surface area contributed by atoms with E-state index in [-0.39, 0.29) is 33.8 Å². The third-order valence-electron chi connectivity index (χ3n) is 4.57. The van der Waals surface area contributed by atoms with E-state index in [2.05, 4.69) is 0 Å². The maximum Gasteiger partial charge on any atom is 0.302 e. The fourth-order valence-electron chi connectivity index (χ4n) is 3.53. The number of esters is 1. The highest BCUT2D eigenvalue weighted by atomic mass is 16.5. The van der Waals surface area contributed by atoms with Crippen molar-refractivity contribution in [3.63, 3.8) is 0 Å². The van der Waals surface area contributed by atoms with Crippen molar-refractivity contribution in [3.8, 4) is 11.5 Å². The van der Waals surface area contributed by atoms with Crippen molar-refractivity contribution in [2.75, 3.05) is 20.1 Å². The van der Waals surface area contributed by atoms with Gasteiger partial charge in [0.2, 0.25) is 0 Å². The van der Waals surface area contributed by atoms with Crippen LogP contribution in [0.25, 0.3) is 11.0 Å². The number of likely N-dealkylation sites (N-methyl/N-ethyl adjacent to an activating group) is 1. The van der Waals surface area contributed by atoms with Crippen LogP contribution in [-0.4, -0.2) is 47.3 Å². The van der Waals surface area contributed by atoms with E-state index in [0.717, 1.165) is 12.6 Å². The number of aromatic hydroxyl groups is 2. The molecule has 2 atom stereocenters. The summed E-state index contributed by atoms with van der Waals surface area (Å²) in [5, 5.41) is 20.6. The number of benzene rings is 1. The first kappa shape index (κ1) is 17.3. The van der Waals surface area contributed by atoms with Gasteiger partial charge in [-0.25, -0.2) is 0 Å². The molecular weight excluding hydrogens is 326 g/mol. The van der Waals surface area contributed by atoms with Gasteiger partial charge in [0.25, 0.3) is 0 Å². The lowest BCUT2D eigenvalue weighted by molar-refractivity contribution is -0.149. The van der Waals surface area contributed by atoms with Crippen molar-refractivity contribution in [3.05, 3.63) is 33.7 Å². The molecule has 0 radical (unpaired) electrons. The smallest absolute Gasteiger partial charge is 0.302 e. The first-order chi connectivity index (χ1) is 11.8. The van der Waals surface area contributed by atoms with Crippen molar-refractivity contribution in [1.82, 2.24) is 4.90 Å². The standard InChI is InChI=1S/C18H21NO6/c1-9-6-12(21)17-14(23)7-13(22)16(18(17)24-9)11-4-5-19(3)8-15(11)25-10(2)20/h6-7,11,15,22-23H,4-5,8H2,1-3H3/t11-,15+/m1/s1. The Morgan fingerprint density at radius 3 is 2.72 bits per heavy atom. The molecule has 0 bridgehead atoms. The van der Waals surface area contributed by atoms with Crippen molar-refractivity contribution in [2.24, 2.45) is 0 Å². The van der Waals surface area contributed by atoms with Gasteiger partial charge in [0.05, 0.1) is 0 Å². The fraction of sp³-hybridized carbons (Fsp3) is 0.444. The zero-order chi connectivity index (χ0) is 18.3. The Bertz CT molecular complexity index is 887. The van der Waals surface area contributed by atoms with Crippen LogP contribution in [0.4, 0.5) is 0 Å². The van der Waals surface area contributed by atoms with Gasteiger partial charge in [-0.15, -0.1) is 0 Å². The molecule has 1 aliphatic rings. The molecule has 7 heteroatoms. The minimum absolute atomic E-state index is 0.0268. The first-order valence-corrected chi connectivity index (χ1v) is 8.13. The van der Waals surface area contributed by atoms with E-state index < -0.39 is 12.1 Å². The van der Waals surface area contributed by atoms with E-state index in [1.54, 1.807) is 6.92 Å². The SMILES string of the molecule is CC(=O)O[C@H]1CN(C)CC[C@H]1c1c(O)cc(O)c2c(=O)cc(C)oc12. The molecule has 134 valence electrons. The van der Waals surface area contributed by atoms with Gasteiger partial charge < -0.3 is 24.3 Å². The molecule has 1 aromatic heterocycles. The normalized spacial score (nSPS) is 21.4. The molecule has 2 heterocycles. The van der Waals surface area contributed by atoms with E-state index in [1.807, 2.05) is 11.9 Å². The molecule has 25 heavy (non-hydrogen) atoms. The Morgan fingerprint density at radius 2 is 2.04 bits per heavy atom. The summed E-state index contributed by atoms with van der Waals surface area (Å²) in [5.74, 6) is -0.883. The Balaban J connectivity index is 2.23. The lowest BCUT2D eigenvalue weighted by atomic mass is 9.85. The van der Waals surface area contributed by atoms with Gasteiger partial charge in [-0.3, -0.25) is 9.59 Å². The third kappa shape index (κ3) is 3.19. The van der Waals surface area contributed by atoms with Crippen LogP contribution in [0.15, 0.2) is 21.3 Å². The van der Waals surface area contributed by atoms with Crippen LogP contribution in [0.5, 0.6) is 11.5 Å². The van der Waals surface area contributed by atoms with Crippen LogP contribution in [-0.2, 0) is 9.53 Å². The molecule has 0 spiro atoms. The number of carbonyl (C=O) groups is 1. The van der Waals surface area contributed by atoms with Crippen LogP contribution in [0.3, 0.4) is 0 Å². The summed E-state index contributed by atoms with van der Waals surface area (Å²) in [5.41, 5.74) is 0.164. The average molecular weight is 347 g/mol. The molecule has 2 aromatic rings. The monoisotopic (exact) mass is 347 g/mol. The van der Waals surface area contributed by atoms with Gasteiger partial charge in [-0.1, -0.05) is 0 Å². The van der Waals surface area contributed by atoms with E-state index in [0.29, 0.717) is 24.3 Å². The molecule has 0 amide bonds. The first-order valence-electron chi connectivity index (χ1n) is 8.13. The van der Waals surface area contributed by atoms with Gasteiger partial charge in [0.1, 0.15) is 34.3 Å². The lowest BCUT2D eigenvalue weighted by Crippen LogP contribution is -2.43. The van der Waals surface area contributed by atoms with Gasteiger partial charge in [0, 0.05) is 37.1 Å². The summed E-state index contributed by atoms with van der Waals surface area (Å²) >= 11 is 0. The molecule has 3 rings (SSSR count). The Hall–Kier alpha value is -2.54. The minimum Gasteiger partial charge on any atom is -0.507 e. The minimum atomic E-state index is -0.485. The van der Waals surface area contributed by atoms with Gasteiger partial charge >= 0.3 is 5.97 Å². The number of carbonyl (C=O) groups excluding carboxylic acids is 1. The lowest BCUT2D eigenvalue weighted by Gasteiger charge is -2.36. The van der Waals surface area contributed by atoms with Gasteiger partial charge in [0.15, 0.2) is 5.43 Å². The number of rotatable bonds is 2. The zero-order valence-electron chi connectivity index (χ0n) is 14.4. The maximum atomic E-state index is 12.3. The predicted octanol–water partition coefficient (Wildman–Crippen LogP) is 1.86. The van der Waals surface area contributed by atoms with Crippen molar-refractivity contribution in [2.45, 2.75) is 32.3 Å². The summed E-state index contributed by atoms with van der Waals surface area (Å²) in [6, 6.07) is 2.44. The van der Waals surface area contributed by atoms with Crippen LogP contribution in [0, 0.1) is 6.92 Å². The second-order valence-corrected chi connectivity index (χ2v) is 6.56. The number of piperidine rings is 1. The van der Waals surface area contributed by atoms with E-state index in [4.69, 9.17) is 9.15 Å². The van der Waals surface area contributed by atoms with Crippen LogP contribution < -0.4 is 5.43 Å². The summed E-state index contributed by atoms with van der Waals surface area (Å²) in [7, 11) is 1.92. The second-order valence-electron chi connectivity index (χ2n) is 6.56. The van der Waals surface area contributed by atoms with Crippen LogP contribution in [0.2, 0.25) is 0 Å². The highest BCUT2D eigenvalue weighted by Gasteiger charge is 2.35. The number of nitrogens with zero attached hydrogens (tertiary/aromatic N) is 1. The fourth-order valence-corrected chi connectivity index (χ4v) is 3.53. The topological polar surface area (TPSA) is 100 Å². The summed E-state index contributed by atoms with van der Waals surface area (Å²) in [6.45, 7) is 4.21. The molecular formula is C18H21NO6. The average Bonchev–Trinajstić information content (AvgIpc) is 2.47. The number of aryl methyl sites for hydroxylation is 1. The number of phenols is 2. The molecule has 1 saturated heterocycles. The number of fused-ring (bicyclic) bond motifs is 1.